The number of amides is 1. The number of hydrogen-bond donors (Lipinski definition) is 1. The highest BCUT2D eigenvalue weighted by Crippen LogP contribution is 2.24. The molecule has 1 aromatic heterocycles. The molecule has 0 saturated carbocycles. The molecule has 3 heterocycles. The Morgan fingerprint density at radius 2 is 2.03 bits per heavy atom. The van der Waals surface area contributed by atoms with Crippen molar-refractivity contribution in [1.29, 1.82) is 0 Å². The summed E-state index contributed by atoms with van der Waals surface area (Å²) in [4.78, 5) is 29.4. The number of hydrogen-bond acceptors (Lipinski definition) is 6. The molecule has 30 heavy (non-hydrogen) atoms. The van der Waals surface area contributed by atoms with Gasteiger partial charge in [0.15, 0.2) is 5.16 Å². The summed E-state index contributed by atoms with van der Waals surface area (Å²) in [6, 6.07) is 10.4. The Kier molecular flexibility index (Phi) is 6.91. The fourth-order valence-electron chi connectivity index (χ4n) is 3.98. The molecule has 2 atom stereocenters. The second-order valence-corrected chi connectivity index (χ2v) is 9.21. The average molecular weight is 432 g/mol. The van der Waals surface area contributed by atoms with Gasteiger partial charge in [0.25, 0.3) is 0 Å². The Bertz CT molecular complexity index is 886. The number of nitrogens with zero attached hydrogens (tertiary/aromatic N) is 4. The van der Waals surface area contributed by atoms with Gasteiger partial charge in [-0.25, -0.2) is 9.89 Å². The molecule has 162 valence electrons. The van der Waals surface area contributed by atoms with E-state index in [9.17, 15) is 9.59 Å². The van der Waals surface area contributed by atoms with E-state index in [0.29, 0.717) is 11.7 Å². The number of nitrogens with one attached hydrogen (secondary N) is 1. The Morgan fingerprint density at radius 3 is 2.73 bits per heavy atom. The predicted octanol–water partition coefficient (Wildman–Crippen LogP) is 1.58. The highest BCUT2D eigenvalue weighted by Gasteiger charge is 2.28. The van der Waals surface area contributed by atoms with E-state index >= 15 is 0 Å². The molecule has 9 heteroatoms. The highest BCUT2D eigenvalue weighted by atomic mass is 32.2. The third-order valence-corrected chi connectivity index (χ3v) is 6.77. The number of aromatic amines is 1. The fourth-order valence-corrected chi connectivity index (χ4v) is 4.93. The summed E-state index contributed by atoms with van der Waals surface area (Å²) >= 11 is 1.34. The van der Waals surface area contributed by atoms with Crippen LogP contribution in [-0.4, -0.2) is 74.6 Å². The first-order chi connectivity index (χ1) is 14.6. The third kappa shape index (κ3) is 5.14. The Morgan fingerprint density at radius 1 is 1.27 bits per heavy atom. The molecule has 0 aliphatic carbocycles. The standard InChI is InChI=1S/C21H29N5O3S/c1-16(30-21-23-22-20(28)26(21)15-18-8-5-13-29-18)19(27)25-11-9-24(10-12-25)14-17-6-3-2-4-7-17/h2-4,6-7,16,18H,5,8-15H2,1H3,(H,22,28). The maximum atomic E-state index is 13.0. The zero-order valence-corrected chi connectivity index (χ0v) is 18.1. The molecule has 8 nitrogen and oxygen atoms in total. The zero-order chi connectivity index (χ0) is 20.9. The van der Waals surface area contributed by atoms with Crippen molar-refractivity contribution in [3.8, 4) is 0 Å². The summed E-state index contributed by atoms with van der Waals surface area (Å²) in [5.74, 6) is 0.0958. The molecule has 2 unspecified atom stereocenters. The number of benzene rings is 1. The summed E-state index contributed by atoms with van der Waals surface area (Å²) in [5.41, 5.74) is 1.05. The molecular weight excluding hydrogens is 402 g/mol. The van der Waals surface area contributed by atoms with Crippen LogP contribution in [0.25, 0.3) is 0 Å². The molecular formula is C21H29N5O3S. The Balaban J connectivity index is 1.30. The van der Waals surface area contributed by atoms with Gasteiger partial charge in [-0.15, -0.1) is 5.10 Å². The van der Waals surface area contributed by atoms with Crippen LogP contribution < -0.4 is 5.69 Å². The lowest BCUT2D eigenvalue weighted by Gasteiger charge is -2.35. The van der Waals surface area contributed by atoms with Crippen molar-refractivity contribution in [3.05, 3.63) is 46.4 Å². The molecule has 1 aromatic carbocycles. The monoisotopic (exact) mass is 431 g/mol. The number of piperazine rings is 1. The smallest absolute Gasteiger partial charge is 0.344 e. The van der Waals surface area contributed by atoms with E-state index in [0.717, 1.165) is 52.2 Å². The van der Waals surface area contributed by atoms with Gasteiger partial charge in [0, 0.05) is 39.3 Å². The number of carbonyl (C=O) groups is 1. The van der Waals surface area contributed by atoms with Gasteiger partial charge in [-0.2, -0.15) is 0 Å². The van der Waals surface area contributed by atoms with Crippen molar-refractivity contribution in [2.45, 2.75) is 49.4 Å². The van der Waals surface area contributed by atoms with Gasteiger partial charge in [0.1, 0.15) is 0 Å². The average Bonchev–Trinajstić information content (AvgIpc) is 3.40. The van der Waals surface area contributed by atoms with Crippen molar-refractivity contribution < 1.29 is 9.53 Å². The van der Waals surface area contributed by atoms with Crippen LogP contribution in [0.4, 0.5) is 0 Å². The quantitative estimate of drug-likeness (QED) is 0.670. The summed E-state index contributed by atoms with van der Waals surface area (Å²) in [6.07, 6.45) is 2.01. The fraction of sp³-hybridized carbons (Fsp3) is 0.571. The molecule has 2 saturated heterocycles. The maximum Gasteiger partial charge on any atom is 0.344 e. The van der Waals surface area contributed by atoms with Gasteiger partial charge in [0.05, 0.1) is 17.9 Å². The third-order valence-electron chi connectivity index (χ3n) is 5.70. The number of thioether (sulfide) groups is 1. The molecule has 0 bridgehead atoms. The van der Waals surface area contributed by atoms with Crippen molar-refractivity contribution in [1.82, 2.24) is 24.6 Å². The highest BCUT2D eigenvalue weighted by molar-refractivity contribution is 8.00. The van der Waals surface area contributed by atoms with Crippen LogP contribution >= 0.6 is 11.8 Å². The van der Waals surface area contributed by atoms with Crippen LogP contribution in [0.1, 0.15) is 25.3 Å². The normalized spacial score (nSPS) is 21.1. The largest absolute Gasteiger partial charge is 0.376 e. The summed E-state index contributed by atoms with van der Waals surface area (Å²) in [5, 5.41) is 6.90. The number of carbonyl (C=O) groups excluding carboxylic acids is 1. The van der Waals surface area contributed by atoms with E-state index in [-0.39, 0.29) is 23.0 Å². The van der Waals surface area contributed by atoms with Crippen molar-refractivity contribution in [2.24, 2.45) is 0 Å². The molecule has 1 N–H and O–H groups in total. The molecule has 2 aromatic rings. The van der Waals surface area contributed by atoms with Gasteiger partial charge in [-0.05, 0) is 25.3 Å². The first-order valence-corrected chi connectivity index (χ1v) is 11.5. The number of ether oxygens (including phenoxy) is 1. The van der Waals surface area contributed by atoms with Crippen LogP contribution in [0.2, 0.25) is 0 Å². The first kappa shape index (κ1) is 21.1. The maximum absolute atomic E-state index is 13.0. The minimum atomic E-state index is -0.302. The van der Waals surface area contributed by atoms with Crippen LogP contribution in [0.15, 0.2) is 40.3 Å². The predicted molar refractivity (Wildman–Crippen MR) is 115 cm³/mol. The SMILES string of the molecule is CC(Sc1n[nH]c(=O)n1CC1CCCO1)C(=O)N1CCN(Cc2ccccc2)CC1. The lowest BCUT2D eigenvalue weighted by molar-refractivity contribution is -0.132. The van der Waals surface area contributed by atoms with E-state index in [1.165, 1.54) is 17.3 Å². The van der Waals surface area contributed by atoms with Gasteiger partial charge in [0.2, 0.25) is 5.91 Å². The summed E-state index contributed by atoms with van der Waals surface area (Å²) in [7, 11) is 0. The summed E-state index contributed by atoms with van der Waals surface area (Å²) < 4.78 is 7.25. The Hall–Kier alpha value is -2.10. The van der Waals surface area contributed by atoms with E-state index in [2.05, 4.69) is 39.4 Å². The first-order valence-electron chi connectivity index (χ1n) is 10.6. The molecule has 2 aliphatic rings. The van der Waals surface area contributed by atoms with E-state index in [1.807, 2.05) is 17.9 Å². The van der Waals surface area contributed by atoms with Crippen molar-refractivity contribution >= 4 is 17.7 Å². The van der Waals surface area contributed by atoms with E-state index < -0.39 is 0 Å². The number of H-pyrrole nitrogens is 1. The molecule has 4 rings (SSSR count). The Labute approximate surface area is 180 Å². The van der Waals surface area contributed by atoms with Crippen molar-refractivity contribution in [2.75, 3.05) is 32.8 Å². The van der Waals surface area contributed by atoms with Gasteiger partial charge in [-0.3, -0.25) is 14.3 Å². The van der Waals surface area contributed by atoms with Gasteiger partial charge < -0.3 is 9.64 Å². The summed E-state index contributed by atoms with van der Waals surface area (Å²) in [6.45, 7) is 7.20. The molecule has 1 amide bonds. The molecule has 2 fully saturated rings. The number of rotatable bonds is 7. The molecule has 0 radical (unpaired) electrons. The zero-order valence-electron chi connectivity index (χ0n) is 17.3. The lowest BCUT2D eigenvalue weighted by atomic mass is 10.2. The molecule has 0 spiro atoms. The van der Waals surface area contributed by atoms with Crippen LogP contribution in [0.5, 0.6) is 0 Å². The minimum absolute atomic E-state index is 0.0448. The molecule has 2 aliphatic heterocycles. The second kappa shape index (κ2) is 9.80. The van der Waals surface area contributed by atoms with Gasteiger partial charge >= 0.3 is 5.69 Å². The van der Waals surface area contributed by atoms with Crippen LogP contribution in [0.3, 0.4) is 0 Å². The van der Waals surface area contributed by atoms with Crippen LogP contribution in [0, 0.1) is 0 Å². The van der Waals surface area contributed by atoms with Crippen molar-refractivity contribution in [3.63, 3.8) is 0 Å². The minimum Gasteiger partial charge on any atom is -0.376 e. The van der Waals surface area contributed by atoms with Gasteiger partial charge in [-0.1, -0.05) is 42.1 Å². The second-order valence-electron chi connectivity index (χ2n) is 7.90. The van der Waals surface area contributed by atoms with Crippen LogP contribution in [-0.2, 0) is 22.6 Å². The topological polar surface area (TPSA) is 83.5 Å². The number of aromatic nitrogens is 3. The van der Waals surface area contributed by atoms with E-state index in [1.54, 1.807) is 4.57 Å². The van der Waals surface area contributed by atoms with E-state index in [4.69, 9.17) is 4.74 Å². The lowest BCUT2D eigenvalue weighted by Crippen LogP contribution is -2.50.